The quantitative estimate of drug-likeness (QED) is 0.678. The number of hydrogen-bond acceptors (Lipinski definition) is 3. The van der Waals surface area contributed by atoms with Crippen LogP contribution in [0.15, 0.2) is 0 Å². The molecule has 1 saturated heterocycles. The molecular weight excluding hydrogens is 272 g/mol. The third-order valence-electron chi connectivity index (χ3n) is 4.24. The van der Waals surface area contributed by atoms with E-state index >= 15 is 0 Å². The second-order valence-electron chi connectivity index (χ2n) is 5.78. The Bertz CT molecular complexity index is 378. The topological polar surface area (TPSA) is 43.4 Å². The maximum atomic E-state index is 11.9. The lowest BCUT2D eigenvalue weighted by molar-refractivity contribution is 0.0389. The molecule has 0 aromatic rings. The van der Waals surface area contributed by atoms with Crippen LogP contribution in [-0.2, 0) is 14.6 Å². The summed E-state index contributed by atoms with van der Waals surface area (Å²) < 4.78 is 29.5. The van der Waals surface area contributed by atoms with Gasteiger partial charge in [0, 0.05) is 23.7 Å². The number of alkyl halides is 1. The summed E-state index contributed by atoms with van der Waals surface area (Å²) in [5.41, 5.74) is -0.0937. The Morgan fingerprint density at radius 3 is 2.61 bits per heavy atom. The Labute approximate surface area is 115 Å². The van der Waals surface area contributed by atoms with Crippen molar-refractivity contribution < 1.29 is 13.2 Å². The van der Waals surface area contributed by atoms with Crippen LogP contribution in [0.1, 0.15) is 39.0 Å². The lowest BCUT2D eigenvalue weighted by atomic mass is 9.78. The molecule has 0 radical (unpaired) electrons. The molecule has 0 amide bonds. The van der Waals surface area contributed by atoms with E-state index < -0.39 is 9.84 Å². The van der Waals surface area contributed by atoms with Crippen molar-refractivity contribution in [2.24, 2.45) is 11.3 Å². The van der Waals surface area contributed by atoms with Gasteiger partial charge in [0.25, 0.3) is 0 Å². The summed E-state index contributed by atoms with van der Waals surface area (Å²) >= 11 is 6.16. The number of hydrogen-bond donors (Lipinski definition) is 0. The van der Waals surface area contributed by atoms with Crippen molar-refractivity contribution in [3.8, 4) is 0 Å². The molecule has 1 aliphatic carbocycles. The van der Waals surface area contributed by atoms with Gasteiger partial charge in [0.05, 0.1) is 11.9 Å². The predicted molar refractivity (Wildman–Crippen MR) is 73.8 cm³/mol. The molecule has 1 aliphatic heterocycles. The van der Waals surface area contributed by atoms with Gasteiger partial charge in [-0.1, -0.05) is 6.92 Å². The minimum Gasteiger partial charge on any atom is -0.377 e. The van der Waals surface area contributed by atoms with Crippen molar-refractivity contribution in [3.05, 3.63) is 0 Å². The van der Waals surface area contributed by atoms with Crippen molar-refractivity contribution >= 4 is 21.4 Å². The highest BCUT2D eigenvalue weighted by atomic mass is 35.5. The van der Waals surface area contributed by atoms with Gasteiger partial charge in [-0.2, -0.15) is 0 Å². The van der Waals surface area contributed by atoms with Gasteiger partial charge in [-0.3, -0.25) is 0 Å². The SMILES string of the molecule is CCCS(=O)(=O)CCC1(CCl)CCOC1C1CC1. The van der Waals surface area contributed by atoms with Gasteiger partial charge >= 0.3 is 0 Å². The molecule has 1 heterocycles. The van der Waals surface area contributed by atoms with E-state index in [1.807, 2.05) is 6.92 Å². The maximum absolute atomic E-state index is 11.9. The number of rotatable bonds is 7. The van der Waals surface area contributed by atoms with E-state index in [4.69, 9.17) is 16.3 Å². The molecule has 3 nitrogen and oxygen atoms in total. The minimum absolute atomic E-state index is 0.0937. The van der Waals surface area contributed by atoms with Crippen molar-refractivity contribution in [2.75, 3.05) is 24.0 Å². The summed E-state index contributed by atoms with van der Waals surface area (Å²) in [5.74, 6) is 1.70. The van der Waals surface area contributed by atoms with E-state index in [0.29, 0.717) is 30.4 Å². The van der Waals surface area contributed by atoms with Crippen molar-refractivity contribution in [1.82, 2.24) is 0 Å². The second-order valence-corrected chi connectivity index (χ2v) is 8.35. The Kier molecular flexibility index (Phi) is 4.61. The Balaban J connectivity index is 1.99. The standard InChI is InChI=1S/C13H23ClO3S/c1-2-8-18(15,16)9-6-13(10-14)5-7-17-12(13)11-3-4-11/h11-12H,2-10H2,1H3. The van der Waals surface area contributed by atoms with Crippen LogP contribution in [0, 0.1) is 11.3 Å². The van der Waals surface area contributed by atoms with Crippen LogP contribution in [0.25, 0.3) is 0 Å². The summed E-state index contributed by atoms with van der Waals surface area (Å²) in [6.45, 7) is 2.64. The molecule has 0 aromatic heterocycles. The number of halogens is 1. The summed E-state index contributed by atoms with van der Waals surface area (Å²) in [6.07, 6.45) is 4.90. The third kappa shape index (κ3) is 3.20. The summed E-state index contributed by atoms with van der Waals surface area (Å²) in [4.78, 5) is 0. The van der Waals surface area contributed by atoms with Crippen molar-refractivity contribution in [1.29, 1.82) is 0 Å². The highest BCUT2D eigenvalue weighted by Gasteiger charge is 2.50. The fourth-order valence-electron chi connectivity index (χ4n) is 2.99. The van der Waals surface area contributed by atoms with E-state index in [1.54, 1.807) is 0 Å². The van der Waals surface area contributed by atoms with Gasteiger partial charge in [-0.15, -0.1) is 11.6 Å². The first kappa shape index (κ1) is 14.6. The van der Waals surface area contributed by atoms with Gasteiger partial charge < -0.3 is 4.74 Å². The van der Waals surface area contributed by atoms with Crippen LogP contribution in [0.2, 0.25) is 0 Å². The monoisotopic (exact) mass is 294 g/mol. The van der Waals surface area contributed by atoms with Crippen LogP contribution in [-0.4, -0.2) is 38.5 Å². The smallest absolute Gasteiger partial charge is 0.150 e. The first-order valence-corrected chi connectivity index (χ1v) is 9.26. The molecule has 2 unspecified atom stereocenters. The largest absolute Gasteiger partial charge is 0.377 e. The number of sulfone groups is 1. The highest BCUT2D eigenvalue weighted by Crippen LogP contribution is 2.50. The Morgan fingerprint density at radius 2 is 2.06 bits per heavy atom. The van der Waals surface area contributed by atoms with E-state index in [-0.39, 0.29) is 17.3 Å². The van der Waals surface area contributed by atoms with Crippen LogP contribution >= 0.6 is 11.6 Å². The van der Waals surface area contributed by atoms with Crippen LogP contribution in [0.3, 0.4) is 0 Å². The van der Waals surface area contributed by atoms with Crippen LogP contribution < -0.4 is 0 Å². The van der Waals surface area contributed by atoms with Gasteiger partial charge in [0.1, 0.15) is 9.84 Å². The third-order valence-corrected chi connectivity index (χ3v) is 6.63. The van der Waals surface area contributed by atoms with Gasteiger partial charge in [0.2, 0.25) is 0 Å². The molecule has 2 fully saturated rings. The molecule has 2 rings (SSSR count). The summed E-state index contributed by atoms with van der Waals surface area (Å²) in [7, 11) is -2.91. The molecule has 0 N–H and O–H groups in total. The Hall–Kier alpha value is 0.200. The molecular formula is C13H23ClO3S. The normalized spacial score (nSPS) is 32.9. The fraction of sp³-hybridized carbons (Fsp3) is 1.00. The van der Waals surface area contributed by atoms with Crippen molar-refractivity contribution in [2.45, 2.75) is 45.1 Å². The van der Waals surface area contributed by atoms with Gasteiger partial charge in [-0.25, -0.2) is 8.42 Å². The number of ether oxygens (including phenoxy) is 1. The predicted octanol–water partition coefficient (Wildman–Crippen LogP) is 2.63. The second kappa shape index (κ2) is 5.68. The van der Waals surface area contributed by atoms with Gasteiger partial charge in [-0.05, 0) is 38.0 Å². The summed E-state index contributed by atoms with van der Waals surface area (Å²) in [6, 6.07) is 0. The first-order chi connectivity index (χ1) is 8.53. The average molecular weight is 295 g/mol. The van der Waals surface area contributed by atoms with Crippen LogP contribution in [0.4, 0.5) is 0 Å². The van der Waals surface area contributed by atoms with E-state index in [0.717, 1.165) is 13.0 Å². The van der Waals surface area contributed by atoms with E-state index in [2.05, 4.69) is 0 Å². The molecule has 18 heavy (non-hydrogen) atoms. The van der Waals surface area contributed by atoms with Crippen LogP contribution in [0.5, 0.6) is 0 Å². The molecule has 0 aromatic carbocycles. The lowest BCUT2D eigenvalue weighted by Gasteiger charge is -2.32. The average Bonchev–Trinajstić information content (AvgIpc) is 3.08. The first-order valence-electron chi connectivity index (χ1n) is 6.91. The molecule has 106 valence electrons. The molecule has 2 aliphatic rings. The lowest BCUT2D eigenvalue weighted by Crippen LogP contribution is -2.36. The van der Waals surface area contributed by atoms with E-state index in [1.165, 1.54) is 12.8 Å². The van der Waals surface area contributed by atoms with E-state index in [9.17, 15) is 8.42 Å². The fourth-order valence-corrected chi connectivity index (χ4v) is 4.96. The van der Waals surface area contributed by atoms with Crippen molar-refractivity contribution in [3.63, 3.8) is 0 Å². The molecule has 5 heteroatoms. The maximum Gasteiger partial charge on any atom is 0.150 e. The molecule has 1 saturated carbocycles. The van der Waals surface area contributed by atoms with Gasteiger partial charge in [0.15, 0.2) is 0 Å². The minimum atomic E-state index is -2.91. The zero-order valence-electron chi connectivity index (χ0n) is 11.0. The zero-order valence-corrected chi connectivity index (χ0v) is 12.6. The Morgan fingerprint density at radius 1 is 1.33 bits per heavy atom. The summed E-state index contributed by atoms with van der Waals surface area (Å²) in [5, 5.41) is 0. The highest BCUT2D eigenvalue weighted by molar-refractivity contribution is 7.91. The zero-order chi connectivity index (χ0) is 13.2. The molecule has 2 atom stereocenters. The molecule has 0 bridgehead atoms. The molecule has 0 spiro atoms.